The van der Waals surface area contributed by atoms with Gasteiger partial charge in [-0.2, -0.15) is 0 Å². The molecule has 0 radical (unpaired) electrons. The summed E-state index contributed by atoms with van der Waals surface area (Å²) < 4.78 is 5.17. The molecule has 1 heterocycles. The topological polar surface area (TPSA) is 104 Å². The van der Waals surface area contributed by atoms with Crippen LogP contribution in [0.5, 0.6) is 0 Å². The van der Waals surface area contributed by atoms with E-state index >= 15 is 0 Å². The van der Waals surface area contributed by atoms with Crippen LogP contribution < -0.4 is 0 Å². The van der Waals surface area contributed by atoms with Crippen LogP contribution in [0.2, 0.25) is 0 Å². The SMILES string of the molecule is O=C1C=CC(=O)C([C@@H]2O[C@H](CO)[C@@H](O)[C@H]2O)=C1. The van der Waals surface area contributed by atoms with Gasteiger partial charge in [-0.3, -0.25) is 9.59 Å². The monoisotopic (exact) mass is 240 g/mol. The van der Waals surface area contributed by atoms with Crippen LogP contribution in [0.1, 0.15) is 0 Å². The molecule has 1 fully saturated rings. The Labute approximate surface area is 96.8 Å². The first-order valence-corrected chi connectivity index (χ1v) is 5.15. The van der Waals surface area contributed by atoms with E-state index in [9.17, 15) is 19.8 Å². The van der Waals surface area contributed by atoms with Gasteiger partial charge in [0.15, 0.2) is 11.6 Å². The molecule has 6 nitrogen and oxygen atoms in total. The zero-order valence-electron chi connectivity index (χ0n) is 8.81. The highest BCUT2D eigenvalue weighted by molar-refractivity contribution is 6.17. The smallest absolute Gasteiger partial charge is 0.184 e. The summed E-state index contributed by atoms with van der Waals surface area (Å²) in [7, 11) is 0. The van der Waals surface area contributed by atoms with Crippen molar-refractivity contribution in [3.8, 4) is 0 Å². The number of ether oxygens (including phenoxy) is 1. The standard InChI is InChI=1S/C11H12O6/c12-4-8-9(15)10(16)11(17-8)6-3-5(13)1-2-7(6)14/h1-3,8-12,15-16H,4H2/t8-,9-,10-,11+/m1/s1. The molecule has 2 rings (SSSR count). The molecule has 6 heteroatoms. The van der Waals surface area contributed by atoms with Gasteiger partial charge in [0.1, 0.15) is 24.4 Å². The fourth-order valence-electron chi connectivity index (χ4n) is 1.91. The highest BCUT2D eigenvalue weighted by atomic mass is 16.6. The predicted molar refractivity (Wildman–Crippen MR) is 55.0 cm³/mol. The van der Waals surface area contributed by atoms with Crippen molar-refractivity contribution in [1.29, 1.82) is 0 Å². The second-order valence-electron chi connectivity index (χ2n) is 3.96. The lowest BCUT2D eigenvalue weighted by atomic mass is 9.94. The van der Waals surface area contributed by atoms with Crippen LogP contribution in [-0.2, 0) is 14.3 Å². The normalized spacial score (nSPS) is 37.5. The fourth-order valence-corrected chi connectivity index (χ4v) is 1.91. The van der Waals surface area contributed by atoms with E-state index in [1.807, 2.05) is 0 Å². The first-order chi connectivity index (χ1) is 8.04. The maximum atomic E-state index is 11.5. The first-order valence-electron chi connectivity index (χ1n) is 5.15. The number of ketones is 2. The molecule has 1 saturated heterocycles. The minimum Gasteiger partial charge on any atom is -0.394 e. The van der Waals surface area contributed by atoms with Gasteiger partial charge < -0.3 is 20.1 Å². The molecule has 92 valence electrons. The number of carbonyl (C=O) groups is 2. The summed E-state index contributed by atoms with van der Waals surface area (Å²) in [5.41, 5.74) is 0. The Morgan fingerprint density at radius 2 is 1.88 bits per heavy atom. The van der Waals surface area contributed by atoms with E-state index in [-0.39, 0.29) is 11.4 Å². The Hall–Kier alpha value is -1.34. The Morgan fingerprint density at radius 1 is 1.18 bits per heavy atom. The Balaban J connectivity index is 2.24. The molecule has 0 aromatic carbocycles. The van der Waals surface area contributed by atoms with Gasteiger partial charge in [0.05, 0.1) is 6.61 Å². The van der Waals surface area contributed by atoms with Gasteiger partial charge in [0.2, 0.25) is 0 Å². The van der Waals surface area contributed by atoms with Crippen LogP contribution in [0.15, 0.2) is 23.8 Å². The summed E-state index contributed by atoms with van der Waals surface area (Å²) in [6.07, 6.45) is -1.36. The zero-order valence-corrected chi connectivity index (χ0v) is 8.81. The summed E-state index contributed by atoms with van der Waals surface area (Å²) in [6, 6.07) is 0. The van der Waals surface area contributed by atoms with Gasteiger partial charge in [-0.05, 0) is 18.2 Å². The van der Waals surface area contributed by atoms with Crippen molar-refractivity contribution in [3.63, 3.8) is 0 Å². The highest BCUT2D eigenvalue weighted by Gasteiger charge is 2.45. The van der Waals surface area contributed by atoms with E-state index in [4.69, 9.17) is 9.84 Å². The van der Waals surface area contributed by atoms with E-state index in [2.05, 4.69) is 0 Å². The molecule has 0 aromatic rings. The molecule has 0 amide bonds. The van der Waals surface area contributed by atoms with Crippen molar-refractivity contribution in [2.75, 3.05) is 6.61 Å². The van der Waals surface area contributed by atoms with Gasteiger partial charge in [0.25, 0.3) is 0 Å². The van der Waals surface area contributed by atoms with Gasteiger partial charge >= 0.3 is 0 Å². The average molecular weight is 240 g/mol. The summed E-state index contributed by atoms with van der Waals surface area (Å²) >= 11 is 0. The molecule has 0 spiro atoms. The van der Waals surface area contributed by atoms with Crippen molar-refractivity contribution >= 4 is 11.6 Å². The summed E-state index contributed by atoms with van der Waals surface area (Å²) in [6.45, 7) is -0.472. The van der Waals surface area contributed by atoms with Crippen molar-refractivity contribution in [2.45, 2.75) is 24.4 Å². The lowest BCUT2D eigenvalue weighted by Crippen LogP contribution is -2.35. The molecule has 1 aliphatic carbocycles. The predicted octanol–water partition coefficient (Wildman–Crippen LogP) is -1.90. The van der Waals surface area contributed by atoms with Crippen molar-refractivity contribution in [3.05, 3.63) is 23.8 Å². The highest BCUT2D eigenvalue weighted by Crippen LogP contribution is 2.28. The number of rotatable bonds is 2. The minimum atomic E-state index is -1.33. The van der Waals surface area contributed by atoms with E-state index in [0.29, 0.717) is 0 Å². The number of hydrogen-bond donors (Lipinski definition) is 3. The van der Waals surface area contributed by atoms with Crippen LogP contribution in [0, 0.1) is 0 Å². The Bertz CT molecular complexity index is 410. The number of carbonyl (C=O) groups excluding carboxylic acids is 2. The lowest BCUT2D eigenvalue weighted by Gasteiger charge is -2.17. The number of aliphatic hydroxyl groups is 3. The van der Waals surface area contributed by atoms with E-state index in [1.165, 1.54) is 0 Å². The second kappa shape index (κ2) is 4.50. The van der Waals surface area contributed by atoms with Crippen molar-refractivity contribution < 1.29 is 29.6 Å². The minimum absolute atomic E-state index is 0. The van der Waals surface area contributed by atoms with Crippen LogP contribution >= 0.6 is 0 Å². The van der Waals surface area contributed by atoms with Gasteiger partial charge in [-0.15, -0.1) is 0 Å². The maximum Gasteiger partial charge on any atom is 0.184 e. The molecule has 0 aromatic heterocycles. The second-order valence-corrected chi connectivity index (χ2v) is 3.96. The fraction of sp³-hybridized carbons (Fsp3) is 0.455. The summed E-state index contributed by atoms with van der Waals surface area (Å²) in [4.78, 5) is 22.7. The summed E-state index contributed by atoms with van der Waals surface area (Å²) in [5, 5.41) is 28.1. The first kappa shape index (κ1) is 12.1. The third kappa shape index (κ3) is 2.07. The molecule has 3 N–H and O–H groups in total. The molecule has 4 atom stereocenters. The molecule has 0 saturated carbocycles. The maximum absolute atomic E-state index is 11.5. The van der Waals surface area contributed by atoms with Crippen molar-refractivity contribution in [2.24, 2.45) is 0 Å². The molecule has 1 aliphatic heterocycles. The Kier molecular flexibility index (Phi) is 3.21. The molecule has 0 unspecified atom stereocenters. The van der Waals surface area contributed by atoms with Crippen molar-refractivity contribution in [1.82, 2.24) is 0 Å². The lowest BCUT2D eigenvalue weighted by molar-refractivity contribution is -0.116. The molecular formula is C11H12O6. The number of hydrogen-bond acceptors (Lipinski definition) is 6. The quantitative estimate of drug-likeness (QED) is 0.487. The largest absolute Gasteiger partial charge is 0.394 e. The summed E-state index contributed by atoms with van der Waals surface area (Å²) in [5.74, 6) is -0.822. The third-order valence-corrected chi connectivity index (χ3v) is 2.83. The van der Waals surface area contributed by atoms with E-state index < -0.39 is 36.8 Å². The molecular weight excluding hydrogens is 228 g/mol. The molecule has 0 bridgehead atoms. The van der Waals surface area contributed by atoms with Crippen LogP contribution in [0.25, 0.3) is 0 Å². The molecule has 2 aliphatic rings. The van der Waals surface area contributed by atoms with Crippen LogP contribution in [0.3, 0.4) is 0 Å². The Morgan fingerprint density at radius 3 is 2.47 bits per heavy atom. The van der Waals surface area contributed by atoms with Gasteiger partial charge in [-0.25, -0.2) is 0 Å². The third-order valence-electron chi connectivity index (χ3n) is 2.83. The van der Waals surface area contributed by atoms with E-state index in [1.54, 1.807) is 0 Å². The molecule has 17 heavy (non-hydrogen) atoms. The number of aliphatic hydroxyl groups excluding tert-OH is 3. The van der Waals surface area contributed by atoms with Crippen LogP contribution in [-0.4, -0.2) is 57.9 Å². The zero-order chi connectivity index (χ0) is 12.6. The average Bonchev–Trinajstić information content (AvgIpc) is 2.59. The van der Waals surface area contributed by atoms with Gasteiger partial charge in [0, 0.05) is 5.57 Å². The van der Waals surface area contributed by atoms with Crippen LogP contribution in [0.4, 0.5) is 0 Å². The van der Waals surface area contributed by atoms with Gasteiger partial charge in [-0.1, -0.05) is 0 Å². The van der Waals surface area contributed by atoms with E-state index in [0.717, 1.165) is 18.2 Å². The number of allylic oxidation sites excluding steroid dienone is 3.